The van der Waals surface area contributed by atoms with Crippen LogP contribution in [-0.2, 0) is 6.42 Å². The smallest absolute Gasteiger partial charge is 0.149 e. The van der Waals surface area contributed by atoms with Crippen LogP contribution in [0.25, 0.3) is 0 Å². The Labute approximate surface area is 127 Å². The quantitative estimate of drug-likeness (QED) is 0.909. The number of thioether (sulfide) groups is 1. The summed E-state index contributed by atoms with van der Waals surface area (Å²) in [6.07, 6.45) is 2.07. The zero-order valence-corrected chi connectivity index (χ0v) is 14.1. The van der Waals surface area contributed by atoms with Gasteiger partial charge < -0.3 is 5.32 Å². The Morgan fingerprint density at radius 1 is 1.47 bits per heavy atom. The number of aromatic nitrogens is 2. The van der Waals surface area contributed by atoms with Crippen LogP contribution in [-0.4, -0.2) is 47.0 Å². The number of nitrogens with zero attached hydrogens (tertiary/aromatic N) is 3. The monoisotopic (exact) mass is 344 g/mol. The molecule has 1 N–H and O–H groups in total. The molecule has 0 amide bonds. The summed E-state index contributed by atoms with van der Waals surface area (Å²) in [6.45, 7) is 3.28. The number of aryl methyl sites for hydroxylation is 1. The van der Waals surface area contributed by atoms with Crippen LogP contribution < -0.4 is 5.32 Å². The lowest BCUT2D eigenvalue weighted by Crippen LogP contribution is -2.34. The van der Waals surface area contributed by atoms with Crippen molar-refractivity contribution < 1.29 is 0 Å². The molecule has 4 nitrogen and oxygen atoms in total. The van der Waals surface area contributed by atoms with Gasteiger partial charge in [-0.3, -0.25) is 4.90 Å². The Morgan fingerprint density at radius 2 is 2.26 bits per heavy atom. The molecule has 19 heavy (non-hydrogen) atoms. The van der Waals surface area contributed by atoms with Gasteiger partial charge in [0.1, 0.15) is 11.6 Å². The molecule has 1 aliphatic rings. The van der Waals surface area contributed by atoms with Gasteiger partial charge in [0.15, 0.2) is 0 Å². The highest BCUT2D eigenvalue weighted by atomic mass is 79.9. The summed E-state index contributed by atoms with van der Waals surface area (Å²) in [5.74, 6) is 4.12. The topological polar surface area (TPSA) is 41.1 Å². The molecule has 1 unspecified atom stereocenters. The minimum Gasteiger partial charge on any atom is -0.372 e. The molecule has 0 saturated carbocycles. The Kier molecular flexibility index (Phi) is 5.47. The Morgan fingerprint density at radius 3 is 2.89 bits per heavy atom. The molecule has 1 aromatic rings. The van der Waals surface area contributed by atoms with Crippen LogP contribution in [0.3, 0.4) is 0 Å². The van der Waals surface area contributed by atoms with E-state index >= 15 is 0 Å². The van der Waals surface area contributed by atoms with Gasteiger partial charge in [0.05, 0.1) is 16.2 Å². The predicted octanol–water partition coefficient (Wildman–Crippen LogP) is 2.95. The maximum absolute atomic E-state index is 4.79. The van der Waals surface area contributed by atoms with Gasteiger partial charge in [-0.25, -0.2) is 9.97 Å². The molecule has 106 valence electrons. The SMILES string of the molecule is CCCc1nc(C2CSCCN2C)nc(NC)c1Br. The van der Waals surface area contributed by atoms with Crippen molar-refractivity contribution in [3.05, 3.63) is 16.0 Å². The first-order valence-electron chi connectivity index (χ1n) is 6.69. The highest BCUT2D eigenvalue weighted by Gasteiger charge is 2.25. The second-order valence-electron chi connectivity index (χ2n) is 4.76. The fourth-order valence-electron chi connectivity index (χ4n) is 2.19. The summed E-state index contributed by atoms with van der Waals surface area (Å²) in [5.41, 5.74) is 1.11. The second-order valence-corrected chi connectivity index (χ2v) is 6.71. The molecule has 0 aliphatic carbocycles. The van der Waals surface area contributed by atoms with Gasteiger partial charge in [0.25, 0.3) is 0 Å². The molecule has 1 saturated heterocycles. The van der Waals surface area contributed by atoms with E-state index < -0.39 is 0 Å². The summed E-state index contributed by atoms with van der Waals surface area (Å²) in [4.78, 5) is 11.8. The lowest BCUT2D eigenvalue weighted by atomic mass is 10.2. The molecule has 0 bridgehead atoms. The van der Waals surface area contributed by atoms with Crippen LogP contribution in [0.15, 0.2) is 4.47 Å². The van der Waals surface area contributed by atoms with Crippen molar-refractivity contribution in [1.29, 1.82) is 0 Å². The molecule has 1 aromatic heterocycles. The molecule has 2 heterocycles. The highest BCUT2D eigenvalue weighted by Crippen LogP contribution is 2.30. The third-order valence-electron chi connectivity index (χ3n) is 3.35. The first kappa shape index (κ1) is 15.1. The van der Waals surface area contributed by atoms with Crippen molar-refractivity contribution in [2.45, 2.75) is 25.8 Å². The van der Waals surface area contributed by atoms with Crippen molar-refractivity contribution in [3.63, 3.8) is 0 Å². The van der Waals surface area contributed by atoms with Gasteiger partial charge in [-0.1, -0.05) is 13.3 Å². The molecule has 2 rings (SSSR count). The van der Waals surface area contributed by atoms with Gasteiger partial charge in [-0.05, 0) is 29.4 Å². The maximum atomic E-state index is 4.79. The van der Waals surface area contributed by atoms with E-state index in [1.807, 2.05) is 18.8 Å². The fraction of sp³-hybridized carbons (Fsp3) is 0.692. The van der Waals surface area contributed by atoms with Gasteiger partial charge in [0, 0.05) is 25.1 Å². The molecular weight excluding hydrogens is 324 g/mol. The molecule has 6 heteroatoms. The van der Waals surface area contributed by atoms with Gasteiger partial charge in [-0.15, -0.1) is 0 Å². The van der Waals surface area contributed by atoms with E-state index in [-0.39, 0.29) is 0 Å². The number of hydrogen-bond acceptors (Lipinski definition) is 5. The Bertz CT molecular complexity index is 441. The van der Waals surface area contributed by atoms with Gasteiger partial charge >= 0.3 is 0 Å². The van der Waals surface area contributed by atoms with E-state index in [1.54, 1.807) is 0 Å². The molecule has 0 radical (unpaired) electrons. The Balaban J connectivity index is 2.36. The van der Waals surface area contributed by atoms with E-state index in [0.29, 0.717) is 6.04 Å². The highest BCUT2D eigenvalue weighted by molar-refractivity contribution is 9.10. The van der Waals surface area contributed by atoms with Crippen LogP contribution >= 0.6 is 27.7 Å². The minimum atomic E-state index is 0.328. The lowest BCUT2D eigenvalue weighted by molar-refractivity contribution is 0.264. The molecular formula is C13H21BrN4S. The average Bonchev–Trinajstić information content (AvgIpc) is 2.42. The standard InChI is InChI=1S/C13H21BrN4S/c1-4-5-9-11(14)13(15-2)17-12(16-9)10-8-19-7-6-18(10)3/h10H,4-8H2,1-3H3,(H,15,16,17). The van der Waals surface area contributed by atoms with Crippen LogP contribution in [0, 0.1) is 0 Å². The van der Waals surface area contributed by atoms with Crippen molar-refractivity contribution in [2.24, 2.45) is 0 Å². The lowest BCUT2D eigenvalue weighted by Gasteiger charge is -2.31. The maximum Gasteiger partial charge on any atom is 0.149 e. The molecule has 0 spiro atoms. The van der Waals surface area contributed by atoms with Crippen molar-refractivity contribution in [3.8, 4) is 0 Å². The second kappa shape index (κ2) is 6.90. The first-order valence-corrected chi connectivity index (χ1v) is 8.64. The predicted molar refractivity (Wildman–Crippen MR) is 86.0 cm³/mol. The average molecular weight is 345 g/mol. The largest absolute Gasteiger partial charge is 0.372 e. The van der Waals surface area contributed by atoms with E-state index in [4.69, 9.17) is 4.98 Å². The van der Waals surface area contributed by atoms with E-state index in [0.717, 1.165) is 46.9 Å². The van der Waals surface area contributed by atoms with Crippen LogP contribution in [0.2, 0.25) is 0 Å². The molecule has 0 aromatic carbocycles. The van der Waals surface area contributed by atoms with Crippen LogP contribution in [0.5, 0.6) is 0 Å². The van der Waals surface area contributed by atoms with E-state index in [2.05, 4.69) is 45.1 Å². The normalized spacial score (nSPS) is 20.5. The Hall–Kier alpha value is -0.330. The summed E-state index contributed by atoms with van der Waals surface area (Å²) in [6, 6.07) is 0.328. The summed E-state index contributed by atoms with van der Waals surface area (Å²) >= 11 is 5.59. The number of anilines is 1. The summed E-state index contributed by atoms with van der Waals surface area (Å²) < 4.78 is 1.01. The number of halogens is 1. The number of hydrogen-bond donors (Lipinski definition) is 1. The molecule has 1 atom stereocenters. The van der Waals surface area contributed by atoms with Crippen molar-refractivity contribution >= 4 is 33.5 Å². The van der Waals surface area contributed by atoms with Crippen LogP contribution in [0.4, 0.5) is 5.82 Å². The van der Waals surface area contributed by atoms with Crippen molar-refractivity contribution in [2.75, 3.05) is 37.5 Å². The molecule has 1 aliphatic heterocycles. The molecule has 1 fully saturated rings. The van der Waals surface area contributed by atoms with Crippen LogP contribution in [0.1, 0.15) is 30.9 Å². The summed E-state index contributed by atoms with van der Waals surface area (Å²) in [7, 11) is 4.07. The minimum absolute atomic E-state index is 0.328. The number of rotatable bonds is 4. The fourth-order valence-corrected chi connectivity index (χ4v) is 3.97. The van der Waals surface area contributed by atoms with E-state index in [1.165, 1.54) is 5.75 Å². The summed E-state index contributed by atoms with van der Waals surface area (Å²) in [5, 5.41) is 3.17. The third kappa shape index (κ3) is 3.41. The number of nitrogens with one attached hydrogen (secondary N) is 1. The van der Waals surface area contributed by atoms with Crippen molar-refractivity contribution in [1.82, 2.24) is 14.9 Å². The third-order valence-corrected chi connectivity index (χ3v) is 5.21. The van der Waals surface area contributed by atoms with Gasteiger partial charge in [0.2, 0.25) is 0 Å². The van der Waals surface area contributed by atoms with Gasteiger partial charge in [-0.2, -0.15) is 11.8 Å². The van der Waals surface area contributed by atoms with E-state index in [9.17, 15) is 0 Å². The first-order chi connectivity index (χ1) is 9.17. The zero-order chi connectivity index (χ0) is 13.8. The zero-order valence-electron chi connectivity index (χ0n) is 11.7.